The number of carbonyl (C=O) groups excluding carboxylic acids is 2. The molecule has 0 aliphatic carbocycles. The van der Waals surface area contributed by atoms with Gasteiger partial charge in [-0.3, -0.25) is 9.59 Å². The van der Waals surface area contributed by atoms with Crippen LogP contribution >= 0.6 is 0 Å². The summed E-state index contributed by atoms with van der Waals surface area (Å²) in [6.45, 7) is 6.63. The Morgan fingerprint density at radius 1 is 1.29 bits per heavy atom. The molecule has 94 valence electrons. The van der Waals surface area contributed by atoms with Crippen molar-refractivity contribution in [3.05, 3.63) is 11.6 Å². The molecular weight excluding hydrogens is 218 g/mol. The van der Waals surface area contributed by atoms with Gasteiger partial charge in [0.05, 0.1) is 6.07 Å². The van der Waals surface area contributed by atoms with E-state index in [2.05, 4.69) is 10.6 Å². The van der Waals surface area contributed by atoms with E-state index in [9.17, 15) is 9.59 Å². The van der Waals surface area contributed by atoms with Crippen molar-refractivity contribution in [2.75, 3.05) is 13.1 Å². The zero-order valence-corrected chi connectivity index (χ0v) is 10.5. The summed E-state index contributed by atoms with van der Waals surface area (Å²) in [4.78, 5) is 22.3. The summed E-state index contributed by atoms with van der Waals surface area (Å²) in [5.74, 6) is -0.141. The van der Waals surface area contributed by atoms with Crippen LogP contribution < -0.4 is 10.6 Å². The van der Waals surface area contributed by atoms with E-state index in [1.807, 2.05) is 20.8 Å². The predicted molar refractivity (Wildman–Crippen MR) is 64.8 cm³/mol. The quantitative estimate of drug-likeness (QED) is 0.528. The van der Waals surface area contributed by atoms with E-state index >= 15 is 0 Å². The minimum Gasteiger partial charge on any atom is -0.353 e. The molecule has 5 nitrogen and oxygen atoms in total. The largest absolute Gasteiger partial charge is 0.353 e. The van der Waals surface area contributed by atoms with Crippen molar-refractivity contribution >= 4 is 11.8 Å². The highest BCUT2D eigenvalue weighted by molar-refractivity contribution is 5.88. The summed E-state index contributed by atoms with van der Waals surface area (Å²) < 4.78 is 0. The van der Waals surface area contributed by atoms with Crippen LogP contribution in [0.25, 0.3) is 0 Å². The Morgan fingerprint density at radius 2 is 1.88 bits per heavy atom. The topological polar surface area (TPSA) is 82.0 Å². The van der Waals surface area contributed by atoms with E-state index in [0.29, 0.717) is 19.0 Å². The fourth-order valence-electron chi connectivity index (χ4n) is 0.946. The van der Waals surface area contributed by atoms with Crippen molar-refractivity contribution in [2.45, 2.75) is 27.2 Å². The van der Waals surface area contributed by atoms with Gasteiger partial charge in [0.25, 0.3) is 0 Å². The van der Waals surface area contributed by atoms with Gasteiger partial charge in [0, 0.05) is 19.2 Å². The minimum absolute atomic E-state index is 0.152. The third-order valence-electron chi connectivity index (χ3n) is 2.26. The lowest BCUT2D eigenvalue weighted by Crippen LogP contribution is -2.33. The highest BCUT2D eigenvalue weighted by Crippen LogP contribution is 2.06. The maximum absolute atomic E-state index is 11.4. The summed E-state index contributed by atoms with van der Waals surface area (Å²) >= 11 is 0. The van der Waals surface area contributed by atoms with Gasteiger partial charge < -0.3 is 10.6 Å². The number of nitrogens with zero attached hydrogens (tertiary/aromatic N) is 1. The molecule has 2 amide bonds. The maximum Gasteiger partial charge on any atom is 0.243 e. The summed E-state index contributed by atoms with van der Waals surface area (Å²) in [5, 5.41) is 13.4. The number of hydrogen-bond donors (Lipinski definition) is 2. The van der Waals surface area contributed by atoms with Gasteiger partial charge in [-0.15, -0.1) is 0 Å². The SMILES string of the molecule is C/C(=C\C(=O)NCCNC(=O)CC#N)C(C)C. The molecule has 0 aromatic carbocycles. The van der Waals surface area contributed by atoms with Crippen LogP contribution in [0.4, 0.5) is 0 Å². The normalized spacial score (nSPS) is 10.9. The molecule has 0 aromatic heterocycles. The average molecular weight is 237 g/mol. The first-order chi connectivity index (χ1) is 7.97. The van der Waals surface area contributed by atoms with Crippen molar-refractivity contribution in [2.24, 2.45) is 5.92 Å². The van der Waals surface area contributed by atoms with Crippen LogP contribution in [-0.4, -0.2) is 24.9 Å². The van der Waals surface area contributed by atoms with Crippen LogP contribution in [0.1, 0.15) is 27.2 Å². The Kier molecular flexibility index (Phi) is 7.44. The Labute approximate surface area is 102 Å². The Balaban J connectivity index is 3.77. The summed E-state index contributed by atoms with van der Waals surface area (Å²) in [6, 6.07) is 1.75. The van der Waals surface area contributed by atoms with Gasteiger partial charge in [-0.2, -0.15) is 5.26 Å². The van der Waals surface area contributed by atoms with Gasteiger partial charge in [-0.25, -0.2) is 0 Å². The van der Waals surface area contributed by atoms with Crippen molar-refractivity contribution in [3.8, 4) is 6.07 Å². The van der Waals surface area contributed by atoms with Crippen molar-refractivity contribution in [1.29, 1.82) is 5.26 Å². The molecule has 17 heavy (non-hydrogen) atoms. The molecule has 0 saturated carbocycles. The third kappa shape index (κ3) is 8.03. The molecule has 2 N–H and O–H groups in total. The van der Waals surface area contributed by atoms with Gasteiger partial charge in [-0.05, 0) is 12.8 Å². The van der Waals surface area contributed by atoms with E-state index in [1.54, 1.807) is 12.1 Å². The van der Waals surface area contributed by atoms with E-state index in [1.165, 1.54) is 0 Å². The Morgan fingerprint density at radius 3 is 2.41 bits per heavy atom. The highest BCUT2D eigenvalue weighted by Gasteiger charge is 2.02. The molecule has 5 heteroatoms. The van der Waals surface area contributed by atoms with Gasteiger partial charge in [-0.1, -0.05) is 19.4 Å². The van der Waals surface area contributed by atoms with E-state index in [4.69, 9.17) is 5.26 Å². The smallest absolute Gasteiger partial charge is 0.243 e. The molecule has 0 aliphatic heterocycles. The van der Waals surface area contributed by atoms with E-state index < -0.39 is 0 Å². The molecule has 0 spiro atoms. The Hall–Kier alpha value is -1.83. The van der Waals surface area contributed by atoms with Crippen LogP contribution in [0.3, 0.4) is 0 Å². The summed E-state index contributed by atoms with van der Waals surface area (Å²) in [7, 11) is 0. The lowest BCUT2D eigenvalue weighted by molar-refractivity contribution is -0.120. The predicted octanol–water partition coefficient (Wildman–Crippen LogP) is 0.735. The van der Waals surface area contributed by atoms with Gasteiger partial charge in [0.15, 0.2) is 0 Å². The zero-order valence-electron chi connectivity index (χ0n) is 10.5. The number of rotatable bonds is 6. The second kappa shape index (κ2) is 8.34. The molecular formula is C12H19N3O2. The fourth-order valence-corrected chi connectivity index (χ4v) is 0.946. The third-order valence-corrected chi connectivity index (χ3v) is 2.26. The maximum atomic E-state index is 11.4. The highest BCUT2D eigenvalue weighted by atomic mass is 16.2. The number of carbonyl (C=O) groups is 2. The molecule has 0 radical (unpaired) electrons. The van der Waals surface area contributed by atoms with Gasteiger partial charge in [0.1, 0.15) is 6.42 Å². The first-order valence-electron chi connectivity index (χ1n) is 5.57. The summed E-state index contributed by atoms with van der Waals surface area (Å²) in [6.07, 6.45) is 1.40. The molecule has 0 rings (SSSR count). The molecule has 0 aliphatic rings. The Bertz CT molecular complexity index is 340. The molecule has 0 heterocycles. The van der Waals surface area contributed by atoms with Gasteiger partial charge >= 0.3 is 0 Å². The second-order valence-electron chi connectivity index (χ2n) is 4.02. The lowest BCUT2D eigenvalue weighted by atomic mass is 10.1. The number of nitrogens with one attached hydrogen (secondary N) is 2. The number of hydrogen-bond acceptors (Lipinski definition) is 3. The van der Waals surface area contributed by atoms with Crippen molar-refractivity contribution < 1.29 is 9.59 Å². The van der Waals surface area contributed by atoms with Crippen LogP contribution in [0.5, 0.6) is 0 Å². The molecule has 0 fully saturated rings. The standard InChI is InChI=1S/C12H19N3O2/c1-9(2)10(3)8-12(17)15-7-6-14-11(16)4-5-13/h8-9H,4,6-7H2,1-3H3,(H,14,16)(H,15,17)/b10-8+. The average Bonchev–Trinajstić information content (AvgIpc) is 2.24. The number of nitriles is 1. The van der Waals surface area contributed by atoms with Crippen LogP contribution in [0.15, 0.2) is 11.6 Å². The van der Waals surface area contributed by atoms with Gasteiger partial charge in [0.2, 0.25) is 11.8 Å². The fraction of sp³-hybridized carbons (Fsp3) is 0.583. The molecule has 0 bridgehead atoms. The van der Waals surface area contributed by atoms with Crippen molar-refractivity contribution in [1.82, 2.24) is 10.6 Å². The molecule has 0 atom stereocenters. The minimum atomic E-state index is -0.323. The first kappa shape index (κ1) is 15.2. The number of amides is 2. The zero-order chi connectivity index (χ0) is 13.3. The van der Waals surface area contributed by atoms with Crippen molar-refractivity contribution in [3.63, 3.8) is 0 Å². The monoisotopic (exact) mass is 237 g/mol. The van der Waals surface area contributed by atoms with E-state index in [-0.39, 0.29) is 18.2 Å². The first-order valence-corrected chi connectivity index (χ1v) is 5.57. The second-order valence-corrected chi connectivity index (χ2v) is 4.02. The molecule has 0 unspecified atom stereocenters. The lowest BCUT2D eigenvalue weighted by Gasteiger charge is -2.06. The van der Waals surface area contributed by atoms with Crippen LogP contribution in [0, 0.1) is 17.2 Å². The van der Waals surface area contributed by atoms with E-state index in [0.717, 1.165) is 5.57 Å². The van der Waals surface area contributed by atoms with Crippen LogP contribution in [0.2, 0.25) is 0 Å². The molecule has 0 saturated heterocycles. The van der Waals surface area contributed by atoms with Crippen LogP contribution in [-0.2, 0) is 9.59 Å². The number of allylic oxidation sites excluding steroid dienone is 1. The summed E-state index contributed by atoms with van der Waals surface area (Å²) in [5.41, 5.74) is 1.01. The molecule has 0 aromatic rings.